The lowest BCUT2D eigenvalue weighted by Gasteiger charge is -2.24. The van der Waals surface area contributed by atoms with Crippen LogP contribution in [-0.4, -0.2) is 14.9 Å². The highest BCUT2D eigenvalue weighted by Gasteiger charge is 2.37. The molecule has 0 saturated heterocycles. The third-order valence-electron chi connectivity index (χ3n) is 4.52. The van der Waals surface area contributed by atoms with E-state index >= 15 is 0 Å². The highest BCUT2D eigenvalue weighted by atomic mass is 28.4. The van der Waals surface area contributed by atoms with Gasteiger partial charge in [-0.05, 0) is 19.5 Å². The Balaban J connectivity index is 2.46. The molecule has 0 amide bonds. The van der Waals surface area contributed by atoms with Crippen LogP contribution in [-0.2, 0) is 4.43 Å². The number of halogens is 5. The summed E-state index contributed by atoms with van der Waals surface area (Å²) in [5, 5.41) is -0.787. The summed E-state index contributed by atoms with van der Waals surface area (Å²) < 4.78 is 73.4. The van der Waals surface area contributed by atoms with Gasteiger partial charge in [-0.3, -0.25) is 0 Å². The first-order chi connectivity index (χ1) is 12.2. The topological polar surface area (TPSA) is 9.23 Å². The Hall–Kier alpha value is -0.953. The molecule has 150 valence electrons. The van der Waals surface area contributed by atoms with Crippen LogP contribution in [0.4, 0.5) is 22.0 Å². The molecule has 0 aliphatic rings. The van der Waals surface area contributed by atoms with Crippen LogP contribution in [0.25, 0.3) is 0 Å². The zero-order chi connectivity index (χ0) is 19.7. The van der Waals surface area contributed by atoms with Crippen molar-refractivity contribution in [1.82, 2.24) is 0 Å². The molecule has 1 rings (SSSR count). The van der Waals surface area contributed by atoms with Gasteiger partial charge in [0.15, 0.2) is 23.3 Å². The van der Waals surface area contributed by atoms with Crippen molar-refractivity contribution in [1.29, 1.82) is 0 Å². The second-order valence-corrected chi connectivity index (χ2v) is 10.9. The van der Waals surface area contributed by atoms with E-state index in [-0.39, 0.29) is 6.61 Å². The molecule has 0 aliphatic carbocycles. The summed E-state index contributed by atoms with van der Waals surface area (Å²) in [5.41, 5.74) is 0. The Kier molecular flexibility index (Phi) is 9.78. The Bertz CT molecular complexity index is 549. The molecule has 0 atom stereocenters. The molecular weight excluding hydrogens is 367 g/mol. The van der Waals surface area contributed by atoms with E-state index in [1.54, 1.807) is 0 Å². The molecular formula is C19H29F5OSi. The zero-order valence-electron chi connectivity index (χ0n) is 15.9. The van der Waals surface area contributed by atoms with Crippen molar-refractivity contribution in [3.8, 4) is 0 Å². The molecule has 0 aliphatic heterocycles. The molecule has 0 radical (unpaired) electrons. The fourth-order valence-electron chi connectivity index (χ4n) is 2.95. The molecule has 1 aromatic rings. The number of hydrogen-bond donors (Lipinski definition) is 0. The number of benzene rings is 1. The van der Waals surface area contributed by atoms with Crippen molar-refractivity contribution in [2.24, 2.45) is 0 Å². The van der Waals surface area contributed by atoms with E-state index in [1.807, 2.05) is 0 Å². The van der Waals surface area contributed by atoms with Gasteiger partial charge in [-0.25, -0.2) is 22.0 Å². The van der Waals surface area contributed by atoms with Crippen molar-refractivity contribution in [2.75, 3.05) is 6.61 Å². The van der Waals surface area contributed by atoms with Crippen molar-refractivity contribution >= 4 is 13.5 Å². The second-order valence-electron chi connectivity index (χ2n) is 7.13. The van der Waals surface area contributed by atoms with Gasteiger partial charge in [0.2, 0.25) is 14.1 Å². The average molecular weight is 397 g/mol. The smallest absolute Gasteiger partial charge is 0.224 e. The van der Waals surface area contributed by atoms with Gasteiger partial charge in [-0.2, -0.15) is 0 Å². The highest BCUT2D eigenvalue weighted by Crippen LogP contribution is 2.21. The standard InChI is InChI=1S/C19H29F5OSi/c1-4-5-6-7-8-9-10-11-12-13-25-26(2,3)19-17(23)15(21)14(20)16(22)18(19)24/h4-13H2,1-3H3. The van der Waals surface area contributed by atoms with Crippen LogP contribution in [0.1, 0.15) is 64.7 Å². The first-order valence-electron chi connectivity index (χ1n) is 9.39. The predicted octanol–water partition coefficient (Wildman–Crippen LogP) is 6.34. The lowest BCUT2D eigenvalue weighted by Crippen LogP contribution is -2.50. The van der Waals surface area contributed by atoms with E-state index in [2.05, 4.69) is 6.92 Å². The molecule has 1 nitrogen and oxygen atoms in total. The lowest BCUT2D eigenvalue weighted by molar-refractivity contribution is 0.298. The van der Waals surface area contributed by atoms with Crippen molar-refractivity contribution in [3.05, 3.63) is 29.1 Å². The van der Waals surface area contributed by atoms with E-state index in [4.69, 9.17) is 4.43 Å². The van der Waals surface area contributed by atoms with Crippen molar-refractivity contribution < 1.29 is 26.4 Å². The number of rotatable bonds is 12. The van der Waals surface area contributed by atoms with Crippen molar-refractivity contribution in [3.63, 3.8) is 0 Å². The summed E-state index contributed by atoms with van der Waals surface area (Å²) in [5.74, 6) is -9.50. The molecule has 7 heteroatoms. The van der Waals surface area contributed by atoms with Gasteiger partial charge in [0.25, 0.3) is 0 Å². The molecule has 0 unspecified atom stereocenters. The quantitative estimate of drug-likeness (QED) is 0.132. The van der Waals surface area contributed by atoms with Crippen LogP contribution in [0.3, 0.4) is 0 Å². The minimum atomic E-state index is -3.24. The molecule has 0 N–H and O–H groups in total. The Morgan fingerprint density at radius 1 is 0.615 bits per heavy atom. The Labute approximate surface area is 154 Å². The Morgan fingerprint density at radius 3 is 1.46 bits per heavy atom. The molecule has 26 heavy (non-hydrogen) atoms. The van der Waals surface area contributed by atoms with Crippen molar-refractivity contribution in [2.45, 2.75) is 77.8 Å². The fourth-order valence-corrected chi connectivity index (χ4v) is 5.02. The third kappa shape index (κ3) is 6.34. The van der Waals surface area contributed by atoms with Gasteiger partial charge < -0.3 is 4.43 Å². The molecule has 0 aromatic heterocycles. The lowest BCUT2D eigenvalue weighted by atomic mass is 10.1. The minimum Gasteiger partial charge on any atom is -0.413 e. The summed E-state index contributed by atoms with van der Waals surface area (Å²) in [7, 11) is -3.24. The normalized spacial score (nSPS) is 12.0. The van der Waals surface area contributed by atoms with E-state index in [1.165, 1.54) is 45.2 Å². The number of hydrogen-bond acceptors (Lipinski definition) is 1. The van der Waals surface area contributed by atoms with Crippen LogP contribution in [0, 0.1) is 29.1 Å². The summed E-state index contributed by atoms with van der Waals surface area (Å²) in [6, 6.07) is 0. The molecule has 0 bridgehead atoms. The van der Waals surface area contributed by atoms with E-state index in [9.17, 15) is 22.0 Å². The van der Waals surface area contributed by atoms with Gasteiger partial charge in [-0.15, -0.1) is 0 Å². The highest BCUT2D eigenvalue weighted by molar-refractivity contribution is 6.84. The minimum absolute atomic E-state index is 0.258. The van der Waals surface area contributed by atoms with Crippen LogP contribution >= 0.6 is 0 Å². The summed E-state index contributed by atoms with van der Waals surface area (Å²) in [6.07, 6.45) is 10.0. The fraction of sp³-hybridized carbons (Fsp3) is 0.684. The van der Waals surface area contributed by atoms with Gasteiger partial charge in [0, 0.05) is 11.8 Å². The van der Waals surface area contributed by atoms with E-state index in [0.29, 0.717) is 6.42 Å². The summed E-state index contributed by atoms with van der Waals surface area (Å²) in [6.45, 7) is 5.32. The number of unbranched alkanes of at least 4 members (excludes halogenated alkanes) is 8. The zero-order valence-corrected chi connectivity index (χ0v) is 16.9. The van der Waals surface area contributed by atoms with Gasteiger partial charge >= 0.3 is 0 Å². The van der Waals surface area contributed by atoms with Crippen LogP contribution in [0.2, 0.25) is 13.1 Å². The van der Waals surface area contributed by atoms with Gasteiger partial charge in [0.05, 0.1) is 0 Å². The SMILES string of the molecule is CCCCCCCCCCCO[Si](C)(C)c1c(F)c(F)c(F)c(F)c1F. The summed E-state index contributed by atoms with van der Waals surface area (Å²) >= 11 is 0. The molecule has 1 aromatic carbocycles. The predicted molar refractivity (Wildman–Crippen MR) is 96.5 cm³/mol. The van der Waals surface area contributed by atoms with E-state index in [0.717, 1.165) is 19.3 Å². The van der Waals surface area contributed by atoms with Gasteiger partial charge in [-0.1, -0.05) is 58.3 Å². The van der Waals surface area contributed by atoms with Gasteiger partial charge in [0.1, 0.15) is 0 Å². The molecule has 0 fully saturated rings. The average Bonchev–Trinajstić information content (AvgIpc) is 2.59. The first-order valence-corrected chi connectivity index (χ1v) is 12.3. The monoisotopic (exact) mass is 396 g/mol. The second kappa shape index (κ2) is 11.0. The largest absolute Gasteiger partial charge is 0.413 e. The summed E-state index contributed by atoms with van der Waals surface area (Å²) in [4.78, 5) is 0. The maximum absolute atomic E-state index is 13.9. The Morgan fingerprint density at radius 2 is 1.00 bits per heavy atom. The van der Waals surface area contributed by atoms with Crippen LogP contribution < -0.4 is 5.19 Å². The maximum Gasteiger partial charge on any atom is 0.224 e. The van der Waals surface area contributed by atoms with E-state index < -0.39 is 42.6 Å². The molecule has 0 spiro atoms. The first kappa shape index (κ1) is 23.1. The van der Waals surface area contributed by atoms with Crippen LogP contribution in [0.15, 0.2) is 0 Å². The molecule has 0 heterocycles. The van der Waals surface area contributed by atoms with Crippen LogP contribution in [0.5, 0.6) is 0 Å². The molecule has 0 saturated carbocycles. The third-order valence-corrected chi connectivity index (χ3v) is 7.09. The maximum atomic E-state index is 13.9.